The van der Waals surface area contributed by atoms with E-state index < -0.39 is 0 Å². The van der Waals surface area contributed by atoms with E-state index in [1.807, 2.05) is 29.2 Å². The van der Waals surface area contributed by atoms with Crippen molar-refractivity contribution in [3.8, 4) is 0 Å². The molecule has 19 heavy (non-hydrogen) atoms. The monoisotopic (exact) mass is 302 g/mol. The van der Waals surface area contributed by atoms with Gasteiger partial charge in [0.1, 0.15) is 0 Å². The summed E-state index contributed by atoms with van der Waals surface area (Å²) in [6.07, 6.45) is 1.26. The largest absolute Gasteiger partial charge is 0.342 e. The third kappa shape index (κ3) is 4.10. The number of hydrogen-bond donors (Lipinski definition) is 1. The molecule has 0 bridgehead atoms. The van der Waals surface area contributed by atoms with Crippen LogP contribution in [0.15, 0.2) is 24.3 Å². The molecule has 0 radical (unpaired) electrons. The standard InChI is InChI=1S/C14H19ClN2O.ClH/c1-10-9-17(7-6-13(10)16)14(18)8-11-4-2-3-5-12(11)15;/h2-5,10,13H,6-9,16H2,1H3;1H. The van der Waals surface area contributed by atoms with Gasteiger partial charge in [0.2, 0.25) is 5.91 Å². The highest BCUT2D eigenvalue weighted by Crippen LogP contribution is 2.19. The molecule has 1 heterocycles. The number of carbonyl (C=O) groups excluding carboxylic acids is 1. The zero-order chi connectivity index (χ0) is 13.1. The van der Waals surface area contributed by atoms with Crippen molar-refractivity contribution in [3.63, 3.8) is 0 Å². The van der Waals surface area contributed by atoms with Crippen molar-refractivity contribution < 1.29 is 4.79 Å². The van der Waals surface area contributed by atoms with Gasteiger partial charge in [-0.25, -0.2) is 0 Å². The summed E-state index contributed by atoms with van der Waals surface area (Å²) in [5.74, 6) is 0.510. The van der Waals surface area contributed by atoms with Crippen LogP contribution in [0.4, 0.5) is 0 Å². The van der Waals surface area contributed by atoms with E-state index >= 15 is 0 Å². The van der Waals surface area contributed by atoms with Gasteiger partial charge >= 0.3 is 0 Å². The molecule has 0 saturated carbocycles. The van der Waals surface area contributed by atoms with Gasteiger partial charge in [0.05, 0.1) is 6.42 Å². The SMILES string of the molecule is CC1CN(C(=O)Cc2ccccc2Cl)CCC1N.Cl. The van der Waals surface area contributed by atoms with Crippen molar-refractivity contribution in [3.05, 3.63) is 34.9 Å². The minimum Gasteiger partial charge on any atom is -0.342 e. The number of amides is 1. The van der Waals surface area contributed by atoms with Crippen LogP contribution < -0.4 is 5.73 Å². The zero-order valence-electron chi connectivity index (χ0n) is 11.0. The maximum Gasteiger partial charge on any atom is 0.227 e. The number of nitrogens with two attached hydrogens (primary N) is 1. The number of piperidine rings is 1. The van der Waals surface area contributed by atoms with Crippen LogP contribution in [0, 0.1) is 5.92 Å². The number of likely N-dealkylation sites (tertiary alicyclic amines) is 1. The molecule has 1 aromatic carbocycles. The van der Waals surface area contributed by atoms with E-state index in [1.54, 1.807) is 0 Å². The van der Waals surface area contributed by atoms with E-state index in [1.165, 1.54) is 0 Å². The highest BCUT2D eigenvalue weighted by atomic mass is 35.5. The summed E-state index contributed by atoms with van der Waals surface area (Å²) in [5, 5.41) is 0.660. The molecule has 1 aromatic rings. The summed E-state index contributed by atoms with van der Waals surface area (Å²) in [4.78, 5) is 14.1. The first-order valence-corrected chi connectivity index (χ1v) is 6.72. The Kier molecular flexibility index (Phi) is 6.11. The van der Waals surface area contributed by atoms with Crippen LogP contribution in [0.2, 0.25) is 5.02 Å². The van der Waals surface area contributed by atoms with Gasteiger partial charge in [0.15, 0.2) is 0 Å². The summed E-state index contributed by atoms with van der Waals surface area (Å²) in [6, 6.07) is 7.72. The van der Waals surface area contributed by atoms with Crippen molar-refractivity contribution in [2.24, 2.45) is 11.7 Å². The van der Waals surface area contributed by atoms with Crippen molar-refractivity contribution >= 4 is 29.9 Å². The van der Waals surface area contributed by atoms with Crippen LogP contribution in [-0.2, 0) is 11.2 Å². The van der Waals surface area contributed by atoms with Crippen LogP contribution in [0.1, 0.15) is 18.9 Å². The molecule has 5 heteroatoms. The lowest BCUT2D eigenvalue weighted by molar-refractivity contribution is -0.132. The summed E-state index contributed by atoms with van der Waals surface area (Å²) in [6.45, 7) is 3.61. The van der Waals surface area contributed by atoms with E-state index in [9.17, 15) is 4.79 Å². The quantitative estimate of drug-likeness (QED) is 0.912. The van der Waals surface area contributed by atoms with Gasteiger partial charge < -0.3 is 10.6 Å². The first-order valence-electron chi connectivity index (χ1n) is 6.34. The smallest absolute Gasteiger partial charge is 0.227 e. The fraction of sp³-hybridized carbons (Fsp3) is 0.500. The van der Waals surface area contributed by atoms with Gasteiger partial charge in [-0.15, -0.1) is 12.4 Å². The fourth-order valence-corrected chi connectivity index (χ4v) is 2.51. The van der Waals surface area contributed by atoms with Crippen LogP contribution in [0.3, 0.4) is 0 Å². The zero-order valence-corrected chi connectivity index (χ0v) is 12.6. The summed E-state index contributed by atoms with van der Waals surface area (Å²) in [5.41, 5.74) is 6.85. The average molecular weight is 303 g/mol. The molecule has 1 aliphatic rings. The predicted octanol–water partition coefficient (Wildman–Crippen LogP) is 2.50. The van der Waals surface area contributed by atoms with Crippen LogP contribution in [0.25, 0.3) is 0 Å². The Morgan fingerprint density at radius 3 is 2.79 bits per heavy atom. The molecule has 2 atom stereocenters. The summed E-state index contributed by atoms with van der Waals surface area (Å²) in [7, 11) is 0. The lowest BCUT2D eigenvalue weighted by atomic mass is 9.94. The average Bonchev–Trinajstić information content (AvgIpc) is 2.35. The third-order valence-corrected chi connectivity index (χ3v) is 3.99. The molecule has 1 aliphatic heterocycles. The summed E-state index contributed by atoms with van der Waals surface area (Å²) < 4.78 is 0. The highest BCUT2D eigenvalue weighted by Gasteiger charge is 2.26. The molecule has 0 aliphatic carbocycles. The minimum absolute atomic E-state index is 0. The Morgan fingerprint density at radius 2 is 2.16 bits per heavy atom. The first kappa shape index (κ1) is 16.3. The van der Waals surface area contributed by atoms with Crippen LogP contribution in [0.5, 0.6) is 0 Å². The van der Waals surface area contributed by atoms with Gasteiger partial charge in [-0.05, 0) is 24.0 Å². The van der Waals surface area contributed by atoms with Gasteiger partial charge in [-0.1, -0.05) is 36.7 Å². The van der Waals surface area contributed by atoms with Gasteiger partial charge in [0, 0.05) is 24.2 Å². The first-order chi connectivity index (χ1) is 8.58. The topological polar surface area (TPSA) is 46.3 Å². The van der Waals surface area contributed by atoms with Crippen molar-refractivity contribution in [1.82, 2.24) is 4.90 Å². The molecular weight excluding hydrogens is 283 g/mol. The molecule has 0 aromatic heterocycles. The summed E-state index contributed by atoms with van der Waals surface area (Å²) >= 11 is 6.07. The van der Waals surface area contributed by atoms with Crippen molar-refractivity contribution in [2.75, 3.05) is 13.1 Å². The lowest BCUT2D eigenvalue weighted by Crippen LogP contribution is -2.48. The van der Waals surface area contributed by atoms with E-state index in [0.717, 1.165) is 25.1 Å². The minimum atomic E-state index is 0. The number of carbonyl (C=O) groups is 1. The number of nitrogens with zero attached hydrogens (tertiary/aromatic N) is 1. The van der Waals surface area contributed by atoms with Gasteiger partial charge in [-0.2, -0.15) is 0 Å². The van der Waals surface area contributed by atoms with Crippen LogP contribution in [-0.4, -0.2) is 29.9 Å². The van der Waals surface area contributed by atoms with E-state index in [4.69, 9.17) is 17.3 Å². The second-order valence-corrected chi connectivity index (χ2v) is 5.44. The Hall–Kier alpha value is -0.770. The molecule has 3 nitrogen and oxygen atoms in total. The van der Waals surface area contributed by atoms with Crippen molar-refractivity contribution in [1.29, 1.82) is 0 Å². The fourth-order valence-electron chi connectivity index (χ4n) is 2.31. The predicted molar refractivity (Wildman–Crippen MR) is 80.7 cm³/mol. The van der Waals surface area contributed by atoms with Crippen molar-refractivity contribution in [2.45, 2.75) is 25.8 Å². The maximum absolute atomic E-state index is 12.2. The number of halogens is 2. The molecule has 0 spiro atoms. The molecule has 1 saturated heterocycles. The number of benzene rings is 1. The van der Waals surface area contributed by atoms with Gasteiger partial charge in [0.25, 0.3) is 0 Å². The normalized spacial score (nSPS) is 22.8. The molecule has 106 valence electrons. The second kappa shape index (κ2) is 7.13. The molecule has 2 unspecified atom stereocenters. The van der Waals surface area contributed by atoms with E-state index in [2.05, 4.69) is 6.92 Å². The maximum atomic E-state index is 12.2. The van der Waals surface area contributed by atoms with E-state index in [0.29, 0.717) is 17.4 Å². The Bertz CT molecular complexity index is 439. The van der Waals surface area contributed by atoms with E-state index in [-0.39, 0.29) is 24.4 Å². The third-order valence-electron chi connectivity index (χ3n) is 3.62. The van der Waals surface area contributed by atoms with Crippen LogP contribution >= 0.6 is 24.0 Å². The Balaban J connectivity index is 0.00000180. The van der Waals surface area contributed by atoms with Gasteiger partial charge in [-0.3, -0.25) is 4.79 Å². The molecule has 1 amide bonds. The number of rotatable bonds is 2. The lowest BCUT2D eigenvalue weighted by Gasteiger charge is -2.35. The highest BCUT2D eigenvalue weighted by molar-refractivity contribution is 6.31. The Morgan fingerprint density at radius 1 is 1.47 bits per heavy atom. The Labute approximate surface area is 125 Å². The molecule has 1 fully saturated rings. The molecular formula is C14H20Cl2N2O. The second-order valence-electron chi connectivity index (χ2n) is 5.04. The number of hydrogen-bond acceptors (Lipinski definition) is 2. The molecule has 2 rings (SSSR count). The molecule has 2 N–H and O–H groups in total.